The first-order valence-electron chi connectivity index (χ1n) is 9.33. The molecule has 2 heterocycles. The number of hydrogen-bond acceptors (Lipinski definition) is 4. The van der Waals surface area contributed by atoms with Crippen LogP contribution < -0.4 is 16.0 Å². The fraction of sp³-hybridized carbons (Fsp3) is 0.632. The Morgan fingerprint density at radius 2 is 2.07 bits per heavy atom. The molecule has 0 aromatic heterocycles. The Labute approximate surface area is 172 Å². The molecular formula is C19H28Cl2FN3O2. The van der Waals surface area contributed by atoms with Crippen molar-refractivity contribution >= 4 is 42.1 Å². The number of rotatable bonds is 5. The number of carbonyl (C=O) groups is 1. The Balaban J connectivity index is 0.00000131. The van der Waals surface area contributed by atoms with Gasteiger partial charge in [-0.15, -0.1) is 24.8 Å². The molecule has 1 saturated carbocycles. The van der Waals surface area contributed by atoms with E-state index in [1.807, 2.05) is 0 Å². The molecule has 2 unspecified atom stereocenters. The lowest BCUT2D eigenvalue weighted by Crippen LogP contribution is -2.31. The van der Waals surface area contributed by atoms with Crippen LogP contribution in [-0.2, 0) is 9.53 Å². The minimum atomic E-state index is -0.344. The molecule has 1 aromatic carbocycles. The highest BCUT2D eigenvalue weighted by molar-refractivity contribution is 5.95. The maximum absolute atomic E-state index is 14.3. The molecule has 4 rings (SSSR count). The Morgan fingerprint density at radius 3 is 2.74 bits per heavy atom. The molecule has 1 spiro atoms. The highest BCUT2D eigenvalue weighted by Gasteiger charge is 2.57. The van der Waals surface area contributed by atoms with Gasteiger partial charge in [0.25, 0.3) is 0 Å². The zero-order valence-corrected chi connectivity index (χ0v) is 16.9. The van der Waals surface area contributed by atoms with Gasteiger partial charge in [-0.25, -0.2) is 4.39 Å². The Morgan fingerprint density at radius 1 is 1.30 bits per heavy atom. The number of carbonyl (C=O) groups excluding carboxylic acids is 1. The molecule has 2 aliphatic heterocycles. The Bertz CT molecular complexity index is 650. The number of nitrogens with one attached hydrogen (secondary N) is 3. The minimum Gasteiger partial charge on any atom is -0.380 e. The molecule has 1 aliphatic carbocycles. The van der Waals surface area contributed by atoms with Crippen LogP contribution in [0.1, 0.15) is 32.1 Å². The van der Waals surface area contributed by atoms with Gasteiger partial charge >= 0.3 is 0 Å². The monoisotopic (exact) mass is 419 g/mol. The van der Waals surface area contributed by atoms with Crippen LogP contribution in [0.5, 0.6) is 0 Å². The SMILES string of the molecule is Cl.Cl.O=C(Nc1ccc(NCC2CCCO2)c(F)c1)C1CC12CCNCC2. The third-order valence-electron chi connectivity index (χ3n) is 5.89. The van der Waals surface area contributed by atoms with Crippen molar-refractivity contribution < 1.29 is 13.9 Å². The third-order valence-corrected chi connectivity index (χ3v) is 5.89. The summed E-state index contributed by atoms with van der Waals surface area (Å²) in [5.41, 5.74) is 1.17. The summed E-state index contributed by atoms with van der Waals surface area (Å²) < 4.78 is 19.8. The van der Waals surface area contributed by atoms with Crippen LogP contribution >= 0.6 is 24.8 Å². The lowest BCUT2D eigenvalue weighted by atomic mass is 9.92. The van der Waals surface area contributed by atoms with Crippen LogP contribution in [0.2, 0.25) is 0 Å². The molecule has 152 valence electrons. The zero-order chi connectivity index (χ0) is 17.3. The minimum absolute atomic E-state index is 0. The molecule has 3 aliphatic rings. The van der Waals surface area contributed by atoms with Gasteiger partial charge < -0.3 is 20.7 Å². The van der Waals surface area contributed by atoms with E-state index in [0.29, 0.717) is 17.9 Å². The van der Waals surface area contributed by atoms with Gasteiger partial charge in [0.15, 0.2) is 0 Å². The molecule has 2 saturated heterocycles. The maximum Gasteiger partial charge on any atom is 0.228 e. The van der Waals surface area contributed by atoms with Crippen LogP contribution in [0, 0.1) is 17.2 Å². The molecule has 5 nitrogen and oxygen atoms in total. The second-order valence-corrected chi connectivity index (χ2v) is 7.57. The largest absolute Gasteiger partial charge is 0.380 e. The van der Waals surface area contributed by atoms with Gasteiger partial charge in [0.1, 0.15) is 5.82 Å². The lowest BCUT2D eigenvalue weighted by Gasteiger charge is -2.23. The van der Waals surface area contributed by atoms with Crippen LogP contribution in [0.15, 0.2) is 18.2 Å². The predicted molar refractivity (Wildman–Crippen MR) is 110 cm³/mol. The number of ether oxygens (including phenoxy) is 1. The average Bonchev–Trinajstić information content (AvgIpc) is 3.05. The molecule has 0 radical (unpaired) electrons. The van der Waals surface area contributed by atoms with Gasteiger partial charge in [-0.3, -0.25) is 4.79 Å². The van der Waals surface area contributed by atoms with E-state index in [9.17, 15) is 9.18 Å². The van der Waals surface area contributed by atoms with Crippen molar-refractivity contribution in [3.8, 4) is 0 Å². The molecule has 27 heavy (non-hydrogen) atoms. The van der Waals surface area contributed by atoms with Gasteiger partial charge in [0.2, 0.25) is 5.91 Å². The van der Waals surface area contributed by atoms with Crippen LogP contribution in [0.25, 0.3) is 0 Å². The highest BCUT2D eigenvalue weighted by Crippen LogP contribution is 2.58. The topological polar surface area (TPSA) is 62.4 Å². The van der Waals surface area contributed by atoms with E-state index in [0.717, 1.165) is 51.8 Å². The van der Waals surface area contributed by atoms with Gasteiger partial charge in [0.05, 0.1) is 11.8 Å². The summed E-state index contributed by atoms with van der Waals surface area (Å²) in [7, 11) is 0. The van der Waals surface area contributed by atoms with Gasteiger partial charge in [-0.1, -0.05) is 0 Å². The molecule has 3 fully saturated rings. The second kappa shape index (κ2) is 9.41. The van der Waals surface area contributed by atoms with Crippen LogP contribution in [0.3, 0.4) is 0 Å². The summed E-state index contributed by atoms with van der Waals surface area (Å²) in [6, 6.07) is 4.84. The molecule has 0 bridgehead atoms. The smallest absolute Gasteiger partial charge is 0.228 e. The summed E-state index contributed by atoms with van der Waals surface area (Å²) in [5.74, 6) is -0.237. The fourth-order valence-corrected chi connectivity index (χ4v) is 4.19. The standard InChI is InChI=1S/C19H26FN3O2.2ClH/c20-16-10-13(3-4-17(16)22-12-14-2-1-9-25-14)23-18(24)15-11-19(15)5-7-21-8-6-19;;/h3-4,10,14-15,21-22H,1-2,5-9,11-12H2,(H,23,24);2*1H. The van der Waals surface area contributed by atoms with Crippen LogP contribution in [0.4, 0.5) is 15.8 Å². The van der Waals surface area contributed by atoms with Gasteiger partial charge in [-0.2, -0.15) is 0 Å². The first-order chi connectivity index (χ1) is 12.2. The van der Waals surface area contributed by atoms with Crippen molar-refractivity contribution in [2.75, 3.05) is 36.9 Å². The maximum atomic E-state index is 14.3. The summed E-state index contributed by atoms with van der Waals surface area (Å²) in [6.45, 7) is 3.38. The fourth-order valence-electron chi connectivity index (χ4n) is 4.19. The Hall–Kier alpha value is -1.08. The number of hydrogen-bond donors (Lipinski definition) is 3. The average molecular weight is 420 g/mol. The third kappa shape index (κ3) is 5.05. The normalized spacial score (nSPS) is 25.2. The summed E-state index contributed by atoms with van der Waals surface area (Å²) in [4.78, 5) is 12.5. The van der Waals surface area contributed by atoms with Gasteiger partial charge in [0, 0.05) is 24.8 Å². The van der Waals surface area contributed by atoms with E-state index in [2.05, 4.69) is 16.0 Å². The van der Waals surface area contributed by atoms with E-state index in [1.165, 1.54) is 6.07 Å². The van der Waals surface area contributed by atoms with E-state index in [1.54, 1.807) is 12.1 Å². The second-order valence-electron chi connectivity index (χ2n) is 7.57. The lowest BCUT2D eigenvalue weighted by molar-refractivity contribution is -0.118. The van der Waals surface area contributed by atoms with Gasteiger partial charge in [-0.05, 0) is 68.8 Å². The Kier molecular flexibility index (Phi) is 7.74. The van der Waals surface area contributed by atoms with Crippen molar-refractivity contribution in [3.63, 3.8) is 0 Å². The number of piperidine rings is 1. The van der Waals surface area contributed by atoms with Crippen molar-refractivity contribution in [1.29, 1.82) is 0 Å². The zero-order valence-electron chi connectivity index (χ0n) is 15.3. The van der Waals surface area contributed by atoms with E-state index < -0.39 is 0 Å². The highest BCUT2D eigenvalue weighted by atomic mass is 35.5. The summed E-state index contributed by atoms with van der Waals surface area (Å²) >= 11 is 0. The molecule has 8 heteroatoms. The summed E-state index contributed by atoms with van der Waals surface area (Å²) in [5, 5.41) is 9.32. The van der Waals surface area contributed by atoms with Crippen molar-refractivity contribution in [2.24, 2.45) is 11.3 Å². The molecule has 2 atom stereocenters. The first kappa shape index (κ1) is 22.2. The molecule has 3 N–H and O–H groups in total. The van der Waals surface area contributed by atoms with Crippen molar-refractivity contribution in [3.05, 3.63) is 24.0 Å². The van der Waals surface area contributed by atoms with Crippen LogP contribution in [-0.4, -0.2) is 38.3 Å². The van der Waals surface area contributed by atoms with E-state index >= 15 is 0 Å². The number of halogens is 3. The molecule has 1 aromatic rings. The number of amides is 1. The van der Waals surface area contributed by atoms with Crippen molar-refractivity contribution in [2.45, 2.75) is 38.2 Å². The number of anilines is 2. The number of benzene rings is 1. The van der Waals surface area contributed by atoms with E-state index in [4.69, 9.17) is 4.74 Å². The predicted octanol–water partition coefficient (Wildman–Crippen LogP) is 3.59. The quantitative estimate of drug-likeness (QED) is 0.682. The van der Waals surface area contributed by atoms with Crippen molar-refractivity contribution in [1.82, 2.24) is 5.32 Å². The molecule has 1 amide bonds. The summed E-state index contributed by atoms with van der Waals surface area (Å²) in [6.07, 6.45) is 5.33. The van der Waals surface area contributed by atoms with E-state index in [-0.39, 0.29) is 54.0 Å². The first-order valence-corrected chi connectivity index (χ1v) is 9.33. The molecular weight excluding hydrogens is 392 g/mol.